The molecule has 4 nitrogen and oxygen atoms in total. The summed E-state index contributed by atoms with van der Waals surface area (Å²) >= 11 is 1.56. The van der Waals surface area contributed by atoms with Crippen molar-refractivity contribution in [2.75, 3.05) is 0 Å². The second-order valence-electron chi connectivity index (χ2n) is 5.02. The van der Waals surface area contributed by atoms with E-state index in [-0.39, 0.29) is 17.9 Å². The number of carbonyl (C=O) groups is 2. The molecule has 1 atom stereocenters. The molecule has 19 heavy (non-hydrogen) atoms. The summed E-state index contributed by atoms with van der Waals surface area (Å²) < 4.78 is 0. The zero-order valence-electron chi connectivity index (χ0n) is 11.1. The van der Waals surface area contributed by atoms with Crippen LogP contribution in [0.2, 0.25) is 0 Å². The predicted octanol–water partition coefficient (Wildman–Crippen LogP) is 2.37. The van der Waals surface area contributed by atoms with E-state index in [1.54, 1.807) is 11.3 Å². The third-order valence-electron chi connectivity index (χ3n) is 3.37. The normalized spacial score (nSPS) is 17.1. The molecule has 5 heteroatoms. The van der Waals surface area contributed by atoms with Gasteiger partial charge in [0.05, 0.1) is 12.5 Å². The summed E-state index contributed by atoms with van der Waals surface area (Å²) in [5, 5.41) is 7.87. The molecular weight excluding hydrogens is 260 g/mol. The summed E-state index contributed by atoms with van der Waals surface area (Å²) in [6, 6.07) is 4.00. The zero-order valence-corrected chi connectivity index (χ0v) is 12.0. The van der Waals surface area contributed by atoms with E-state index in [9.17, 15) is 9.59 Å². The number of thiophene rings is 1. The molecule has 0 aromatic carbocycles. The summed E-state index contributed by atoms with van der Waals surface area (Å²) in [4.78, 5) is 24.3. The molecule has 1 saturated carbocycles. The predicted molar refractivity (Wildman–Crippen MR) is 75.9 cm³/mol. The Kier molecular flexibility index (Phi) is 4.96. The minimum Gasteiger partial charge on any atom is -0.353 e. The first kappa shape index (κ1) is 14.1. The fraction of sp³-hybridized carbons (Fsp3) is 0.571. The fourth-order valence-corrected chi connectivity index (χ4v) is 3.28. The van der Waals surface area contributed by atoms with E-state index in [2.05, 4.69) is 10.6 Å². The monoisotopic (exact) mass is 280 g/mol. The molecule has 1 aromatic rings. The molecule has 1 aliphatic rings. The summed E-state index contributed by atoms with van der Waals surface area (Å²) in [6.07, 6.45) is 4.87. The third-order valence-corrected chi connectivity index (χ3v) is 4.36. The van der Waals surface area contributed by atoms with Gasteiger partial charge in [0, 0.05) is 17.8 Å². The van der Waals surface area contributed by atoms with Gasteiger partial charge in [-0.1, -0.05) is 18.9 Å². The lowest BCUT2D eigenvalue weighted by atomic mass is 10.1. The van der Waals surface area contributed by atoms with Crippen LogP contribution in [0.3, 0.4) is 0 Å². The van der Waals surface area contributed by atoms with Gasteiger partial charge in [0.15, 0.2) is 0 Å². The minimum absolute atomic E-state index is 0.0269. The molecule has 1 unspecified atom stereocenters. The van der Waals surface area contributed by atoms with Gasteiger partial charge in [-0.05, 0) is 24.3 Å². The Balaban J connectivity index is 1.91. The van der Waals surface area contributed by atoms with Crippen molar-refractivity contribution in [3.8, 4) is 0 Å². The van der Waals surface area contributed by atoms with Crippen LogP contribution in [-0.2, 0) is 9.59 Å². The Hall–Kier alpha value is -1.36. The molecule has 104 valence electrons. The van der Waals surface area contributed by atoms with Crippen LogP contribution >= 0.6 is 11.3 Å². The average Bonchev–Trinajstić information content (AvgIpc) is 2.99. The molecule has 2 N–H and O–H groups in total. The number of carbonyl (C=O) groups excluding carboxylic acids is 2. The van der Waals surface area contributed by atoms with Crippen LogP contribution in [0.1, 0.15) is 49.9 Å². The van der Waals surface area contributed by atoms with Gasteiger partial charge < -0.3 is 10.6 Å². The SMILES string of the molecule is CC(=O)NC(CC(=O)NC1CCCC1)c1cccs1. The Bertz CT molecular complexity index is 425. The molecule has 0 spiro atoms. The average molecular weight is 280 g/mol. The summed E-state index contributed by atoms with van der Waals surface area (Å²) in [5.41, 5.74) is 0. The second-order valence-corrected chi connectivity index (χ2v) is 6.00. The maximum atomic E-state index is 12.0. The van der Waals surface area contributed by atoms with E-state index in [1.165, 1.54) is 19.8 Å². The topological polar surface area (TPSA) is 58.2 Å². The maximum Gasteiger partial charge on any atom is 0.222 e. The Labute approximate surface area is 117 Å². The van der Waals surface area contributed by atoms with Gasteiger partial charge in [-0.25, -0.2) is 0 Å². The van der Waals surface area contributed by atoms with Crippen LogP contribution in [-0.4, -0.2) is 17.9 Å². The van der Waals surface area contributed by atoms with Crippen molar-refractivity contribution >= 4 is 23.2 Å². The fourth-order valence-electron chi connectivity index (χ4n) is 2.50. The van der Waals surface area contributed by atoms with Gasteiger partial charge in [-0.3, -0.25) is 9.59 Å². The number of nitrogens with one attached hydrogen (secondary N) is 2. The highest BCUT2D eigenvalue weighted by Crippen LogP contribution is 2.23. The van der Waals surface area contributed by atoms with Crippen molar-refractivity contribution < 1.29 is 9.59 Å². The molecule has 2 amide bonds. The first-order chi connectivity index (χ1) is 9.15. The van der Waals surface area contributed by atoms with Gasteiger partial charge >= 0.3 is 0 Å². The minimum atomic E-state index is -0.209. The highest BCUT2D eigenvalue weighted by atomic mass is 32.1. The molecule has 0 aliphatic heterocycles. The van der Waals surface area contributed by atoms with Crippen molar-refractivity contribution in [1.29, 1.82) is 0 Å². The Morgan fingerprint density at radius 1 is 1.42 bits per heavy atom. The van der Waals surface area contributed by atoms with Crippen LogP contribution < -0.4 is 10.6 Å². The number of amides is 2. The van der Waals surface area contributed by atoms with Gasteiger partial charge in [0.1, 0.15) is 0 Å². The smallest absolute Gasteiger partial charge is 0.222 e. The van der Waals surface area contributed by atoms with Crippen molar-refractivity contribution in [2.45, 2.75) is 51.1 Å². The number of hydrogen-bond acceptors (Lipinski definition) is 3. The van der Waals surface area contributed by atoms with Crippen molar-refractivity contribution in [3.63, 3.8) is 0 Å². The Morgan fingerprint density at radius 2 is 2.16 bits per heavy atom. The first-order valence-electron chi connectivity index (χ1n) is 6.75. The molecule has 1 aliphatic carbocycles. The van der Waals surface area contributed by atoms with Gasteiger partial charge in [-0.15, -0.1) is 11.3 Å². The lowest BCUT2D eigenvalue weighted by molar-refractivity contribution is -0.123. The summed E-state index contributed by atoms with van der Waals surface area (Å²) in [6.45, 7) is 1.48. The van der Waals surface area contributed by atoms with Crippen molar-refractivity contribution in [2.24, 2.45) is 0 Å². The molecule has 2 rings (SSSR count). The van der Waals surface area contributed by atoms with Crippen LogP contribution in [0.5, 0.6) is 0 Å². The van der Waals surface area contributed by atoms with E-state index in [1.807, 2.05) is 17.5 Å². The lowest BCUT2D eigenvalue weighted by Gasteiger charge is -2.18. The lowest BCUT2D eigenvalue weighted by Crippen LogP contribution is -2.36. The van der Waals surface area contributed by atoms with Crippen LogP contribution in [0.4, 0.5) is 0 Å². The van der Waals surface area contributed by atoms with E-state index < -0.39 is 0 Å². The van der Waals surface area contributed by atoms with E-state index >= 15 is 0 Å². The molecule has 1 heterocycles. The van der Waals surface area contributed by atoms with E-state index in [4.69, 9.17) is 0 Å². The maximum absolute atomic E-state index is 12.0. The van der Waals surface area contributed by atoms with Crippen LogP contribution in [0, 0.1) is 0 Å². The summed E-state index contributed by atoms with van der Waals surface area (Å²) in [5.74, 6) is -0.0777. The number of hydrogen-bond donors (Lipinski definition) is 2. The van der Waals surface area contributed by atoms with Crippen LogP contribution in [0.25, 0.3) is 0 Å². The van der Waals surface area contributed by atoms with Crippen molar-refractivity contribution in [3.05, 3.63) is 22.4 Å². The van der Waals surface area contributed by atoms with E-state index in [0.29, 0.717) is 12.5 Å². The van der Waals surface area contributed by atoms with Gasteiger partial charge in [-0.2, -0.15) is 0 Å². The highest BCUT2D eigenvalue weighted by molar-refractivity contribution is 7.10. The molecule has 0 radical (unpaired) electrons. The third kappa shape index (κ3) is 4.35. The first-order valence-corrected chi connectivity index (χ1v) is 7.63. The highest BCUT2D eigenvalue weighted by Gasteiger charge is 2.21. The quantitative estimate of drug-likeness (QED) is 0.870. The van der Waals surface area contributed by atoms with Crippen LogP contribution in [0.15, 0.2) is 17.5 Å². The Morgan fingerprint density at radius 3 is 2.74 bits per heavy atom. The molecule has 1 aromatic heterocycles. The zero-order chi connectivity index (χ0) is 13.7. The standard InChI is InChI=1S/C14H20N2O2S/c1-10(17)15-12(13-7-4-8-19-13)9-14(18)16-11-5-2-3-6-11/h4,7-8,11-12H,2-3,5-6,9H2,1H3,(H,15,17)(H,16,18). The second kappa shape index (κ2) is 6.70. The summed E-state index contributed by atoms with van der Waals surface area (Å²) in [7, 11) is 0. The molecular formula is C14H20N2O2S. The molecule has 1 fully saturated rings. The largest absolute Gasteiger partial charge is 0.353 e. The van der Waals surface area contributed by atoms with E-state index in [0.717, 1.165) is 17.7 Å². The molecule has 0 bridgehead atoms. The number of rotatable bonds is 5. The van der Waals surface area contributed by atoms with Gasteiger partial charge in [0.2, 0.25) is 11.8 Å². The van der Waals surface area contributed by atoms with Gasteiger partial charge in [0.25, 0.3) is 0 Å². The van der Waals surface area contributed by atoms with Crippen molar-refractivity contribution in [1.82, 2.24) is 10.6 Å². The molecule has 0 saturated heterocycles.